The van der Waals surface area contributed by atoms with E-state index in [2.05, 4.69) is 0 Å². The number of halogens is 6. The van der Waals surface area contributed by atoms with Gasteiger partial charge in [-0.2, -0.15) is 4.39 Å². The van der Waals surface area contributed by atoms with Crippen LogP contribution < -0.4 is 18.9 Å². The third-order valence-corrected chi connectivity index (χ3v) is 14.5. The summed E-state index contributed by atoms with van der Waals surface area (Å²) in [6.07, 6.45) is 0.715. The molecule has 4 atom stereocenters. The van der Waals surface area contributed by atoms with Crippen LogP contribution in [-0.4, -0.2) is 110 Å². The molecule has 3 amide bonds. The van der Waals surface area contributed by atoms with Gasteiger partial charge in [0.1, 0.15) is 17.2 Å². The van der Waals surface area contributed by atoms with Crippen molar-refractivity contribution in [1.82, 2.24) is 20.1 Å². The summed E-state index contributed by atoms with van der Waals surface area (Å²) >= 11 is 19.0. The van der Waals surface area contributed by atoms with E-state index in [9.17, 15) is 22.8 Å². The first kappa shape index (κ1) is 52.6. The van der Waals surface area contributed by atoms with Crippen LogP contribution in [0.5, 0.6) is 23.0 Å². The third kappa shape index (κ3) is 11.8. The molecule has 2 bridgehead atoms. The van der Waals surface area contributed by atoms with E-state index in [-0.39, 0.29) is 57.0 Å². The number of carbonyl (C=O) groups excluding carboxylic acids is 3. The lowest BCUT2D eigenvalue weighted by Gasteiger charge is -2.59. The van der Waals surface area contributed by atoms with E-state index in [1.165, 1.54) is 50.0 Å². The minimum atomic E-state index is -2.06. The summed E-state index contributed by atoms with van der Waals surface area (Å²) in [5.41, 5.74) is -0.351. The summed E-state index contributed by atoms with van der Waals surface area (Å²) in [6.45, 7) is 4.25. The van der Waals surface area contributed by atoms with Crippen molar-refractivity contribution in [2.45, 2.75) is 99.5 Å². The number of likely N-dealkylation sites (tertiary alicyclic amines) is 1. The Kier molecular flexibility index (Phi) is 16.3. The summed E-state index contributed by atoms with van der Waals surface area (Å²) < 4.78 is 68.4. The number of hydrogen-bond acceptors (Lipinski definition) is 12. The molecule has 1 aliphatic carbocycles. The molecule has 21 heteroatoms. The van der Waals surface area contributed by atoms with Gasteiger partial charge in [0.25, 0.3) is 0 Å². The van der Waals surface area contributed by atoms with Crippen LogP contribution in [0.1, 0.15) is 74.6 Å². The highest BCUT2D eigenvalue weighted by Gasteiger charge is 2.63. The molecule has 2 N–H and O–H groups in total. The molecule has 4 unspecified atom stereocenters. The zero-order valence-electron chi connectivity index (χ0n) is 39.0. The zero-order chi connectivity index (χ0) is 50.7. The van der Waals surface area contributed by atoms with Gasteiger partial charge in [0.15, 0.2) is 23.0 Å². The smallest absolute Gasteiger partial charge is 0.415 e. The number of amides is 3. The molecule has 7 rings (SSSR count). The molecule has 0 radical (unpaired) electrons. The molecule has 15 nitrogen and oxygen atoms in total. The van der Waals surface area contributed by atoms with Gasteiger partial charge in [0, 0.05) is 37.7 Å². The fourth-order valence-corrected chi connectivity index (χ4v) is 9.25. The van der Waals surface area contributed by atoms with Crippen molar-refractivity contribution in [1.29, 1.82) is 0 Å². The number of methoxy groups -OCH3 is 2. The maximum atomic E-state index is 16.0. The minimum Gasteiger partial charge on any atom is -0.497 e. The number of piperazine rings is 1. The quantitative estimate of drug-likeness (QED) is 0.0447. The van der Waals surface area contributed by atoms with Crippen molar-refractivity contribution < 1.29 is 66.5 Å². The number of carbonyl (C=O) groups is 3. The van der Waals surface area contributed by atoms with Gasteiger partial charge in [-0.05, 0) is 112 Å². The Hall–Kier alpha value is -5.21. The summed E-state index contributed by atoms with van der Waals surface area (Å²) in [6, 6.07) is 18.7. The van der Waals surface area contributed by atoms with E-state index < -0.39 is 73.6 Å². The number of piperidine rings is 1. The van der Waals surface area contributed by atoms with E-state index in [0.29, 0.717) is 36.0 Å². The van der Waals surface area contributed by atoms with Gasteiger partial charge in [-0.15, -0.1) is 0 Å². The molecule has 4 aromatic carbocycles. The summed E-state index contributed by atoms with van der Waals surface area (Å²) in [5, 5.41) is 17.7. The topological polar surface area (TPSA) is 160 Å². The highest BCUT2D eigenvalue weighted by atomic mass is 35.6. The largest absolute Gasteiger partial charge is 0.497 e. The van der Waals surface area contributed by atoms with Gasteiger partial charge in [0.05, 0.1) is 50.3 Å². The van der Waals surface area contributed by atoms with Gasteiger partial charge in [-0.25, -0.2) is 23.2 Å². The van der Waals surface area contributed by atoms with Crippen LogP contribution in [0.4, 0.5) is 22.8 Å². The molecular formula is C49H54Cl3F3N4O11. The number of benzene rings is 4. The van der Waals surface area contributed by atoms with Crippen LogP contribution in [0.3, 0.4) is 0 Å². The van der Waals surface area contributed by atoms with Crippen LogP contribution in [0.15, 0.2) is 78.9 Å². The molecular weight excluding hydrogens is 984 g/mol. The molecule has 3 fully saturated rings. The lowest BCUT2D eigenvalue weighted by atomic mass is 9.60. The highest BCUT2D eigenvalue weighted by Crippen LogP contribution is 2.54. The maximum absolute atomic E-state index is 16.0. The van der Waals surface area contributed by atoms with Crippen LogP contribution in [0.25, 0.3) is 0 Å². The van der Waals surface area contributed by atoms with Gasteiger partial charge < -0.3 is 33.5 Å². The van der Waals surface area contributed by atoms with E-state index in [4.69, 9.17) is 73.7 Å². The second kappa shape index (κ2) is 21.6. The number of nitrogens with zero attached hydrogens (tertiary/aromatic N) is 4. The summed E-state index contributed by atoms with van der Waals surface area (Å²) in [5.74, 6) is -4.12. The van der Waals surface area contributed by atoms with Crippen molar-refractivity contribution in [2.24, 2.45) is 5.41 Å². The lowest BCUT2D eigenvalue weighted by Crippen LogP contribution is -2.73. The Morgan fingerprint density at radius 2 is 1.49 bits per heavy atom. The molecule has 0 spiro atoms. The van der Waals surface area contributed by atoms with Crippen LogP contribution in [-0.2, 0) is 33.9 Å². The maximum Gasteiger partial charge on any atom is 0.415 e. The van der Waals surface area contributed by atoms with Crippen molar-refractivity contribution >= 4 is 52.9 Å². The third-order valence-electron chi connectivity index (χ3n) is 13.1. The normalized spacial score (nSPS) is 20.2. The number of aryl methyl sites for hydroxylation is 1. The molecule has 2 heterocycles. The molecule has 3 aliphatic rings. The van der Waals surface area contributed by atoms with Gasteiger partial charge in [0.2, 0.25) is 15.5 Å². The number of ether oxygens (including phenoxy) is 5. The van der Waals surface area contributed by atoms with Gasteiger partial charge >= 0.3 is 12.2 Å². The second-order valence-corrected chi connectivity index (χ2v) is 20.5. The number of fused-ring (bicyclic) bond motifs is 2. The lowest BCUT2D eigenvalue weighted by molar-refractivity contribution is -0.497. The fourth-order valence-electron chi connectivity index (χ4n) is 9.13. The Labute approximate surface area is 418 Å². The number of alkyl halides is 3. The zero-order valence-corrected chi connectivity index (χ0v) is 41.3. The van der Waals surface area contributed by atoms with E-state index in [1.807, 2.05) is 36.4 Å². The molecule has 4 aromatic rings. The highest BCUT2D eigenvalue weighted by molar-refractivity contribution is 6.68. The predicted octanol–water partition coefficient (Wildman–Crippen LogP) is 10.2. The molecule has 0 aromatic heterocycles. The van der Waals surface area contributed by atoms with Crippen LogP contribution >= 0.6 is 34.8 Å². The predicted molar refractivity (Wildman–Crippen MR) is 250 cm³/mol. The minimum absolute atomic E-state index is 0.0489. The van der Waals surface area contributed by atoms with Crippen LogP contribution in [0.2, 0.25) is 0 Å². The Balaban J connectivity index is 1.25. The molecule has 1 saturated carbocycles. The van der Waals surface area contributed by atoms with Crippen molar-refractivity contribution in [3.05, 3.63) is 119 Å². The first-order valence-electron chi connectivity index (χ1n) is 22.5. The second-order valence-electron chi connectivity index (χ2n) is 18.2. The number of rotatable bonds is 17. The fraction of sp³-hybridized carbons (Fsp3) is 0.449. The first-order valence-corrected chi connectivity index (χ1v) is 23.6. The first-order chi connectivity index (χ1) is 33.1. The average Bonchev–Trinajstić information content (AvgIpc) is 4.17. The SMILES string of the molecule is COc1cc(CN(C(=O)C2(C)C(c3ccc(CCCOc4c(F)ccc(F)c4F)cc3)CC3CN(C(=O)Oc4cccc(CON(O)O)c4)CC2N3C(=O)OC(C)(C)C(Cl)(Cl)Cl)C2CC2)cc(OC)c1. The van der Waals surface area contributed by atoms with E-state index in [1.54, 1.807) is 30.0 Å². The molecule has 378 valence electrons. The van der Waals surface area contributed by atoms with Crippen molar-refractivity contribution in [3.8, 4) is 23.0 Å². The molecule has 70 heavy (non-hydrogen) atoms. The Morgan fingerprint density at radius 3 is 2.11 bits per heavy atom. The van der Waals surface area contributed by atoms with Crippen LogP contribution in [0, 0.1) is 22.9 Å². The standard InChI is InChI=1S/C49H54Cl3F3N4O11/c1-47(2,49(50,51)52)70-46(62)58-34-23-38(32-13-11-29(12-14-32)9-7-19-67-43-40(54)18-17-39(53)42(43)55)48(3,44(60)57(33-15-16-33)25-31-21-36(65-4)24-37(22-31)66-5)41(58)27-56(26-34)45(61)69-35-10-6-8-30(20-35)28-68-59(63)64/h6,8,10-14,17-18,20-22,24,33-34,38,41,63-64H,7,9,15-16,19,23,25-28H2,1-5H3. The number of hydrogen-bond donors (Lipinski definition) is 2. The van der Waals surface area contributed by atoms with Crippen molar-refractivity contribution in [3.63, 3.8) is 0 Å². The molecule has 2 saturated heterocycles. The monoisotopic (exact) mass is 1040 g/mol. The Morgan fingerprint density at radius 1 is 0.829 bits per heavy atom. The van der Waals surface area contributed by atoms with Gasteiger partial charge in [-0.1, -0.05) is 71.2 Å². The average molecular weight is 1040 g/mol. The van der Waals surface area contributed by atoms with Gasteiger partial charge in [-0.3, -0.25) is 20.1 Å². The molecule has 2 aliphatic heterocycles. The summed E-state index contributed by atoms with van der Waals surface area (Å²) in [4.78, 5) is 54.4. The van der Waals surface area contributed by atoms with Crippen molar-refractivity contribution in [2.75, 3.05) is 33.9 Å². The van der Waals surface area contributed by atoms with E-state index >= 15 is 4.79 Å². The summed E-state index contributed by atoms with van der Waals surface area (Å²) in [7, 11) is 3.06. The Bertz CT molecular complexity index is 2510. The van der Waals surface area contributed by atoms with E-state index in [0.717, 1.165) is 35.6 Å².